The van der Waals surface area contributed by atoms with Gasteiger partial charge in [0, 0.05) is 34.4 Å². The Balaban J connectivity index is 1.98. The molecule has 2 aromatic heterocycles. The van der Waals surface area contributed by atoms with Gasteiger partial charge in [-0.2, -0.15) is 5.10 Å². The minimum atomic E-state index is 0.824. The van der Waals surface area contributed by atoms with Gasteiger partial charge in [-0.05, 0) is 51.8 Å². The lowest BCUT2D eigenvalue weighted by atomic mass is 10.3. The summed E-state index contributed by atoms with van der Waals surface area (Å²) in [6.07, 6.45) is 0. The number of thiophene rings is 1. The lowest BCUT2D eigenvalue weighted by Crippen LogP contribution is -2.16. The van der Waals surface area contributed by atoms with Crippen LogP contribution in [0.3, 0.4) is 0 Å². The molecular formula is C12H15Br2N3S. The van der Waals surface area contributed by atoms with Crippen LogP contribution in [0.4, 0.5) is 0 Å². The third kappa shape index (κ3) is 3.23. The Kier molecular flexibility index (Phi) is 5.00. The van der Waals surface area contributed by atoms with Crippen LogP contribution in [0.25, 0.3) is 0 Å². The smallest absolute Gasteiger partial charge is 0.0739 e. The minimum Gasteiger partial charge on any atom is -0.306 e. The molecule has 0 bridgehead atoms. The number of aryl methyl sites for hydroxylation is 2. The predicted molar refractivity (Wildman–Crippen MR) is 82.9 cm³/mol. The van der Waals surface area contributed by atoms with Gasteiger partial charge in [0.05, 0.1) is 15.9 Å². The maximum Gasteiger partial charge on any atom is 0.0739 e. The largest absolute Gasteiger partial charge is 0.306 e. The van der Waals surface area contributed by atoms with E-state index in [0.717, 1.165) is 34.3 Å². The first-order valence-corrected chi connectivity index (χ1v) is 8.23. The van der Waals surface area contributed by atoms with E-state index in [1.807, 2.05) is 11.6 Å². The van der Waals surface area contributed by atoms with Crippen LogP contribution in [0, 0.1) is 6.92 Å². The summed E-state index contributed by atoms with van der Waals surface area (Å²) in [5.74, 6) is 0. The first kappa shape index (κ1) is 14.2. The third-order valence-corrected chi connectivity index (χ3v) is 5.40. The van der Waals surface area contributed by atoms with Gasteiger partial charge in [-0.15, -0.1) is 11.3 Å². The van der Waals surface area contributed by atoms with Crippen LogP contribution in [-0.4, -0.2) is 9.78 Å². The Bertz CT molecular complexity index is 533. The Morgan fingerprint density at radius 1 is 1.39 bits per heavy atom. The van der Waals surface area contributed by atoms with E-state index in [9.17, 15) is 0 Å². The topological polar surface area (TPSA) is 29.9 Å². The Hall–Kier alpha value is -0.170. The number of aromatic nitrogens is 2. The lowest BCUT2D eigenvalue weighted by Gasteiger charge is -2.06. The highest BCUT2D eigenvalue weighted by Gasteiger charge is 2.11. The number of halogens is 2. The van der Waals surface area contributed by atoms with Gasteiger partial charge in [-0.25, -0.2) is 0 Å². The summed E-state index contributed by atoms with van der Waals surface area (Å²) in [6, 6.07) is 2.15. The zero-order valence-corrected chi connectivity index (χ0v) is 14.3. The fraction of sp³-hybridized carbons (Fsp3) is 0.417. The SMILES string of the molecule is CCn1nc(C)c(Br)c1CNCc1cc(Br)cs1. The quantitative estimate of drug-likeness (QED) is 0.830. The van der Waals surface area contributed by atoms with Crippen molar-refractivity contribution in [1.82, 2.24) is 15.1 Å². The molecule has 0 radical (unpaired) electrons. The van der Waals surface area contributed by atoms with Crippen molar-refractivity contribution in [3.63, 3.8) is 0 Å². The van der Waals surface area contributed by atoms with E-state index in [2.05, 4.69) is 60.6 Å². The van der Waals surface area contributed by atoms with Crippen LogP contribution in [0.2, 0.25) is 0 Å². The van der Waals surface area contributed by atoms with Gasteiger partial charge < -0.3 is 5.32 Å². The minimum absolute atomic E-state index is 0.824. The molecule has 0 amide bonds. The summed E-state index contributed by atoms with van der Waals surface area (Å²) in [6.45, 7) is 6.74. The summed E-state index contributed by atoms with van der Waals surface area (Å²) in [5.41, 5.74) is 2.26. The van der Waals surface area contributed by atoms with Crippen LogP contribution in [0.1, 0.15) is 23.2 Å². The Morgan fingerprint density at radius 3 is 2.78 bits per heavy atom. The van der Waals surface area contributed by atoms with Crippen molar-refractivity contribution in [3.8, 4) is 0 Å². The van der Waals surface area contributed by atoms with E-state index in [0.29, 0.717) is 0 Å². The number of rotatable bonds is 5. The van der Waals surface area contributed by atoms with Crippen LogP contribution in [-0.2, 0) is 19.6 Å². The zero-order chi connectivity index (χ0) is 13.1. The summed E-state index contributed by atoms with van der Waals surface area (Å²) in [5, 5.41) is 10.0. The first-order valence-electron chi connectivity index (χ1n) is 5.77. The normalized spacial score (nSPS) is 11.1. The molecule has 18 heavy (non-hydrogen) atoms. The molecule has 2 rings (SSSR count). The van der Waals surface area contributed by atoms with Crippen molar-refractivity contribution < 1.29 is 0 Å². The predicted octanol–water partition coefficient (Wildman–Crippen LogP) is 4.09. The average molecular weight is 393 g/mol. The molecule has 1 N–H and O–H groups in total. The van der Waals surface area contributed by atoms with E-state index >= 15 is 0 Å². The van der Waals surface area contributed by atoms with Gasteiger partial charge >= 0.3 is 0 Å². The van der Waals surface area contributed by atoms with E-state index in [1.165, 1.54) is 10.6 Å². The summed E-state index contributed by atoms with van der Waals surface area (Å²) in [7, 11) is 0. The molecule has 0 atom stereocenters. The van der Waals surface area contributed by atoms with Gasteiger partial charge in [0.15, 0.2) is 0 Å². The van der Waals surface area contributed by atoms with Crippen molar-refractivity contribution in [2.24, 2.45) is 0 Å². The van der Waals surface area contributed by atoms with Gasteiger partial charge in [-0.1, -0.05) is 0 Å². The molecule has 6 heteroatoms. The molecule has 0 aliphatic carbocycles. The molecule has 2 heterocycles. The molecule has 0 aromatic carbocycles. The van der Waals surface area contributed by atoms with Gasteiger partial charge in [-0.3, -0.25) is 4.68 Å². The summed E-state index contributed by atoms with van der Waals surface area (Å²) < 4.78 is 4.31. The van der Waals surface area contributed by atoms with Crippen molar-refractivity contribution in [3.05, 3.63) is 36.7 Å². The second kappa shape index (κ2) is 6.32. The molecule has 0 spiro atoms. The van der Waals surface area contributed by atoms with E-state index in [1.54, 1.807) is 11.3 Å². The first-order chi connectivity index (χ1) is 8.61. The van der Waals surface area contributed by atoms with Gasteiger partial charge in [0.25, 0.3) is 0 Å². The molecule has 0 saturated heterocycles. The lowest BCUT2D eigenvalue weighted by molar-refractivity contribution is 0.579. The molecule has 98 valence electrons. The average Bonchev–Trinajstić information content (AvgIpc) is 2.87. The molecule has 0 fully saturated rings. The van der Waals surface area contributed by atoms with Crippen molar-refractivity contribution >= 4 is 43.2 Å². The zero-order valence-electron chi connectivity index (χ0n) is 10.3. The molecule has 0 aliphatic heterocycles. The highest BCUT2D eigenvalue weighted by molar-refractivity contribution is 9.10. The molecule has 0 unspecified atom stereocenters. The van der Waals surface area contributed by atoms with Crippen molar-refractivity contribution in [2.45, 2.75) is 33.5 Å². The van der Waals surface area contributed by atoms with E-state index in [-0.39, 0.29) is 0 Å². The molecular weight excluding hydrogens is 378 g/mol. The fourth-order valence-corrected chi connectivity index (χ4v) is 3.63. The van der Waals surface area contributed by atoms with Crippen LogP contribution in [0.5, 0.6) is 0 Å². The van der Waals surface area contributed by atoms with E-state index in [4.69, 9.17) is 0 Å². The highest BCUT2D eigenvalue weighted by atomic mass is 79.9. The number of nitrogens with one attached hydrogen (secondary N) is 1. The number of hydrogen-bond donors (Lipinski definition) is 1. The van der Waals surface area contributed by atoms with Gasteiger partial charge in [0.2, 0.25) is 0 Å². The maximum absolute atomic E-state index is 4.48. The molecule has 3 nitrogen and oxygen atoms in total. The van der Waals surface area contributed by atoms with Crippen molar-refractivity contribution in [1.29, 1.82) is 0 Å². The fourth-order valence-electron chi connectivity index (χ4n) is 1.79. The van der Waals surface area contributed by atoms with Gasteiger partial charge in [0.1, 0.15) is 0 Å². The van der Waals surface area contributed by atoms with Crippen LogP contribution < -0.4 is 5.32 Å². The Labute approximate surface area is 128 Å². The number of hydrogen-bond acceptors (Lipinski definition) is 3. The third-order valence-electron chi connectivity index (χ3n) is 2.67. The number of nitrogens with zero attached hydrogens (tertiary/aromatic N) is 2. The summed E-state index contributed by atoms with van der Waals surface area (Å²) >= 11 is 8.83. The maximum atomic E-state index is 4.48. The second-order valence-corrected chi connectivity index (χ2v) is 6.70. The monoisotopic (exact) mass is 391 g/mol. The standard InChI is InChI=1S/C12H15Br2N3S/c1-3-17-11(12(14)8(2)16-17)6-15-5-10-4-9(13)7-18-10/h4,7,15H,3,5-6H2,1-2H3. The summed E-state index contributed by atoms with van der Waals surface area (Å²) in [4.78, 5) is 1.33. The van der Waals surface area contributed by atoms with Crippen LogP contribution >= 0.6 is 43.2 Å². The molecule has 0 aliphatic rings. The van der Waals surface area contributed by atoms with Crippen molar-refractivity contribution in [2.75, 3.05) is 0 Å². The second-order valence-electron chi connectivity index (χ2n) is 4.00. The molecule has 2 aromatic rings. The van der Waals surface area contributed by atoms with Crippen LogP contribution in [0.15, 0.2) is 20.4 Å². The van der Waals surface area contributed by atoms with E-state index < -0.39 is 0 Å². The Morgan fingerprint density at radius 2 is 2.17 bits per heavy atom. The highest BCUT2D eigenvalue weighted by Crippen LogP contribution is 2.22. The molecule has 0 saturated carbocycles.